The molecule has 35 heavy (non-hydrogen) atoms. The summed E-state index contributed by atoms with van der Waals surface area (Å²) in [4.78, 5) is 4.78. The minimum Gasteiger partial charge on any atom is -0.381 e. The van der Waals surface area contributed by atoms with E-state index in [9.17, 15) is 0 Å². The van der Waals surface area contributed by atoms with Crippen molar-refractivity contribution in [3.8, 4) is 0 Å². The lowest BCUT2D eigenvalue weighted by Crippen LogP contribution is -2.37. The second-order valence-electron chi connectivity index (χ2n) is 12.0. The highest BCUT2D eigenvalue weighted by molar-refractivity contribution is 4.75. The molecule has 0 aliphatic rings. The maximum absolute atomic E-state index is 6.49. The first kappa shape index (κ1) is 34.9. The van der Waals surface area contributed by atoms with Crippen LogP contribution in [0.1, 0.15) is 143 Å². The first-order valence-electron chi connectivity index (χ1n) is 15.8. The number of unbranched alkanes of at least 4 members (excludes halogenated alkanes) is 14. The van der Waals surface area contributed by atoms with Gasteiger partial charge in [0.15, 0.2) is 0 Å². The maximum atomic E-state index is 6.49. The van der Waals surface area contributed by atoms with Gasteiger partial charge >= 0.3 is 0 Å². The van der Waals surface area contributed by atoms with E-state index in [4.69, 9.17) is 4.74 Å². The predicted octanol–water partition coefficient (Wildman–Crippen LogP) is 9.20. The Morgan fingerprint density at radius 2 is 0.743 bits per heavy atom. The lowest BCUT2D eigenvalue weighted by atomic mass is 9.92. The second kappa shape index (κ2) is 24.2. The topological polar surface area (TPSA) is 15.7 Å². The van der Waals surface area contributed by atoms with E-state index in [1.807, 2.05) is 0 Å². The zero-order valence-electron chi connectivity index (χ0n) is 25.8. The largest absolute Gasteiger partial charge is 0.381 e. The van der Waals surface area contributed by atoms with E-state index in [0.29, 0.717) is 23.9 Å². The SMILES string of the molecule is CCCCCCCCCCC(COCC(CCCCCCCCCC)C(C)N(C)C)C(C)N(C)C. The van der Waals surface area contributed by atoms with E-state index in [-0.39, 0.29) is 0 Å². The van der Waals surface area contributed by atoms with Gasteiger partial charge in [-0.25, -0.2) is 0 Å². The van der Waals surface area contributed by atoms with Gasteiger partial charge in [-0.15, -0.1) is 0 Å². The molecule has 0 spiro atoms. The van der Waals surface area contributed by atoms with E-state index in [1.54, 1.807) is 0 Å². The molecule has 0 N–H and O–H groups in total. The van der Waals surface area contributed by atoms with Crippen molar-refractivity contribution in [1.29, 1.82) is 0 Å². The molecule has 0 aromatic heterocycles. The number of hydrogen-bond donors (Lipinski definition) is 0. The molecule has 0 heterocycles. The van der Waals surface area contributed by atoms with Crippen molar-refractivity contribution in [1.82, 2.24) is 9.80 Å². The van der Waals surface area contributed by atoms with Crippen molar-refractivity contribution in [2.45, 2.75) is 155 Å². The molecule has 3 heteroatoms. The second-order valence-corrected chi connectivity index (χ2v) is 12.0. The third-order valence-electron chi connectivity index (χ3n) is 8.51. The van der Waals surface area contributed by atoms with Gasteiger partial charge in [-0.3, -0.25) is 0 Å². The molecule has 4 unspecified atom stereocenters. The number of hydrogen-bond acceptors (Lipinski definition) is 3. The molecule has 0 saturated carbocycles. The summed E-state index contributed by atoms with van der Waals surface area (Å²) in [7, 11) is 8.91. The van der Waals surface area contributed by atoms with Crippen LogP contribution in [0.3, 0.4) is 0 Å². The van der Waals surface area contributed by atoms with Crippen LogP contribution < -0.4 is 0 Å². The number of ether oxygens (including phenoxy) is 1. The van der Waals surface area contributed by atoms with Crippen LogP contribution in [0.4, 0.5) is 0 Å². The fourth-order valence-corrected chi connectivity index (χ4v) is 5.22. The third kappa shape index (κ3) is 19.6. The van der Waals surface area contributed by atoms with Crippen molar-refractivity contribution < 1.29 is 4.74 Å². The molecule has 0 aliphatic carbocycles. The Balaban J connectivity index is 4.41. The minimum atomic E-state index is 0.581. The van der Waals surface area contributed by atoms with Crippen LogP contribution in [0.2, 0.25) is 0 Å². The Morgan fingerprint density at radius 1 is 0.457 bits per heavy atom. The lowest BCUT2D eigenvalue weighted by molar-refractivity contribution is 0.0238. The standard InChI is InChI=1S/C32H68N2O/c1-9-11-13-15-17-19-21-23-25-31(29(3)33(5)6)27-35-28-32(30(4)34(7)8)26-24-22-20-18-16-14-12-10-2/h29-32H,9-28H2,1-8H3. The van der Waals surface area contributed by atoms with Crippen molar-refractivity contribution in [3.63, 3.8) is 0 Å². The van der Waals surface area contributed by atoms with E-state index in [2.05, 4.69) is 65.7 Å². The molecular weight excluding hydrogens is 428 g/mol. The van der Waals surface area contributed by atoms with Crippen LogP contribution in [0, 0.1) is 11.8 Å². The summed E-state index contributed by atoms with van der Waals surface area (Å²) >= 11 is 0. The van der Waals surface area contributed by atoms with Crippen molar-refractivity contribution >= 4 is 0 Å². The molecule has 4 atom stereocenters. The molecule has 0 rings (SSSR count). The highest BCUT2D eigenvalue weighted by Gasteiger charge is 2.22. The number of nitrogens with zero attached hydrogens (tertiary/aromatic N) is 2. The van der Waals surface area contributed by atoms with Gasteiger partial charge in [-0.05, 0) is 66.7 Å². The van der Waals surface area contributed by atoms with E-state index < -0.39 is 0 Å². The van der Waals surface area contributed by atoms with Gasteiger partial charge in [0.05, 0.1) is 13.2 Å². The van der Waals surface area contributed by atoms with Crippen LogP contribution in [0.5, 0.6) is 0 Å². The van der Waals surface area contributed by atoms with E-state index in [1.165, 1.54) is 116 Å². The maximum Gasteiger partial charge on any atom is 0.0509 e. The molecule has 0 amide bonds. The van der Waals surface area contributed by atoms with Crippen LogP contribution in [0.25, 0.3) is 0 Å². The summed E-state index contributed by atoms with van der Waals surface area (Å²) in [5, 5.41) is 0. The predicted molar refractivity (Wildman–Crippen MR) is 159 cm³/mol. The molecule has 3 nitrogen and oxygen atoms in total. The molecule has 0 saturated heterocycles. The Morgan fingerprint density at radius 3 is 1.03 bits per heavy atom. The van der Waals surface area contributed by atoms with Gasteiger partial charge in [0, 0.05) is 12.1 Å². The van der Waals surface area contributed by atoms with Gasteiger partial charge in [0.1, 0.15) is 0 Å². The summed E-state index contributed by atoms with van der Waals surface area (Å²) in [6, 6.07) is 1.16. The van der Waals surface area contributed by atoms with Gasteiger partial charge < -0.3 is 14.5 Å². The Hall–Kier alpha value is -0.120. The molecule has 0 aromatic rings. The van der Waals surface area contributed by atoms with E-state index >= 15 is 0 Å². The average molecular weight is 497 g/mol. The van der Waals surface area contributed by atoms with Crippen molar-refractivity contribution in [2.75, 3.05) is 41.4 Å². The summed E-state index contributed by atoms with van der Waals surface area (Å²) in [6.45, 7) is 11.2. The Bertz CT molecular complexity index is 388. The molecular formula is C32H68N2O. The molecule has 0 radical (unpaired) electrons. The minimum absolute atomic E-state index is 0.581. The fourth-order valence-electron chi connectivity index (χ4n) is 5.22. The molecule has 0 bridgehead atoms. The highest BCUT2D eigenvalue weighted by Crippen LogP contribution is 2.22. The molecule has 0 aromatic carbocycles. The normalized spacial score (nSPS) is 15.6. The smallest absolute Gasteiger partial charge is 0.0509 e. The van der Waals surface area contributed by atoms with Crippen LogP contribution in [-0.4, -0.2) is 63.3 Å². The molecule has 0 fully saturated rings. The van der Waals surface area contributed by atoms with Crippen LogP contribution in [-0.2, 0) is 4.74 Å². The van der Waals surface area contributed by atoms with Gasteiger partial charge in [0.2, 0.25) is 0 Å². The van der Waals surface area contributed by atoms with Crippen LogP contribution >= 0.6 is 0 Å². The molecule has 212 valence electrons. The van der Waals surface area contributed by atoms with Crippen LogP contribution in [0.15, 0.2) is 0 Å². The fraction of sp³-hybridized carbons (Fsp3) is 1.00. The quantitative estimate of drug-likeness (QED) is 0.111. The Kier molecular flexibility index (Phi) is 24.1. The highest BCUT2D eigenvalue weighted by atomic mass is 16.5. The Labute approximate surface area is 223 Å². The van der Waals surface area contributed by atoms with Gasteiger partial charge in [-0.1, -0.05) is 117 Å². The third-order valence-corrected chi connectivity index (χ3v) is 8.51. The summed E-state index contributed by atoms with van der Waals surface area (Å²) in [6.07, 6.45) is 25.0. The number of rotatable bonds is 26. The van der Waals surface area contributed by atoms with Gasteiger partial charge in [0.25, 0.3) is 0 Å². The monoisotopic (exact) mass is 497 g/mol. The average Bonchev–Trinajstić information content (AvgIpc) is 2.83. The molecule has 0 aliphatic heterocycles. The zero-order valence-corrected chi connectivity index (χ0v) is 25.8. The first-order valence-corrected chi connectivity index (χ1v) is 15.8. The van der Waals surface area contributed by atoms with Gasteiger partial charge in [-0.2, -0.15) is 0 Å². The lowest BCUT2D eigenvalue weighted by Gasteiger charge is -2.32. The summed E-state index contributed by atoms with van der Waals surface area (Å²) in [5.74, 6) is 1.28. The summed E-state index contributed by atoms with van der Waals surface area (Å²) < 4.78 is 6.49. The zero-order chi connectivity index (χ0) is 26.3. The van der Waals surface area contributed by atoms with Crippen molar-refractivity contribution in [3.05, 3.63) is 0 Å². The first-order chi connectivity index (χ1) is 16.8. The summed E-state index contributed by atoms with van der Waals surface area (Å²) in [5.41, 5.74) is 0. The van der Waals surface area contributed by atoms with E-state index in [0.717, 1.165) is 13.2 Å². The van der Waals surface area contributed by atoms with Crippen molar-refractivity contribution in [2.24, 2.45) is 11.8 Å².